The number of benzene rings is 2. The number of nitrogens with zero attached hydrogens (tertiary/aromatic N) is 2. The van der Waals surface area contributed by atoms with Crippen molar-refractivity contribution in [3.8, 4) is 0 Å². The summed E-state index contributed by atoms with van der Waals surface area (Å²) in [6, 6.07) is 22.5. The van der Waals surface area contributed by atoms with Crippen LogP contribution in [0.25, 0.3) is 0 Å². The van der Waals surface area contributed by atoms with Crippen LogP contribution in [0.3, 0.4) is 0 Å². The molecule has 2 aromatic rings. The van der Waals surface area contributed by atoms with Crippen LogP contribution in [0.15, 0.2) is 60.7 Å². The Labute approximate surface area is 237 Å². The van der Waals surface area contributed by atoms with E-state index in [0.717, 1.165) is 26.2 Å². The molecule has 214 valence electrons. The molecule has 2 nitrogen and oxygen atoms in total. The first-order valence-electron chi connectivity index (χ1n) is 16.4. The van der Waals surface area contributed by atoms with Gasteiger partial charge in [-0.05, 0) is 25.9 Å². The van der Waals surface area contributed by atoms with Crippen molar-refractivity contribution in [1.82, 2.24) is 4.90 Å². The molecular formula is C36H61N2+. The lowest BCUT2D eigenvalue weighted by Crippen LogP contribution is -2.51. The molecule has 0 atom stereocenters. The minimum atomic E-state index is 1.13. The standard InChI is InChI=1S/C36H61N2/c1-4-7-8-9-10-11-12-13-14-15-16-17-18-25-31-38(32-30-37(5-2)6-3,33-35-26-21-19-22-27-35)34-36-28-23-20-24-29-36/h19-24,26-29H,4-18,25,30-34H2,1-3H3/q+1. The fraction of sp³-hybridized carbons (Fsp3) is 0.667. The fourth-order valence-electron chi connectivity index (χ4n) is 5.96. The van der Waals surface area contributed by atoms with E-state index in [-0.39, 0.29) is 0 Å². The Balaban J connectivity index is 1.83. The van der Waals surface area contributed by atoms with Crippen molar-refractivity contribution in [1.29, 1.82) is 0 Å². The van der Waals surface area contributed by atoms with Gasteiger partial charge in [-0.15, -0.1) is 0 Å². The topological polar surface area (TPSA) is 3.24 Å². The molecule has 0 saturated heterocycles. The molecule has 2 heteroatoms. The lowest BCUT2D eigenvalue weighted by molar-refractivity contribution is -0.953. The Kier molecular flexibility index (Phi) is 18.2. The van der Waals surface area contributed by atoms with E-state index < -0.39 is 0 Å². The average Bonchev–Trinajstić information content (AvgIpc) is 2.95. The van der Waals surface area contributed by atoms with E-state index in [0.29, 0.717) is 0 Å². The quantitative estimate of drug-likeness (QED) is 0.0981. The minimum Gasteiger partial charge on any atom is -0.315 e. The van der Waals surface area contributed by atoms with Gasteiger partial charge >= 0.3 is 0 Å². The van der Waals surface area contributed by atoms with E-state index in [9.17, 15) is 0 Å². The highest BCUT2D eigenvalue weighted by Gasteiger charge is 2.28. The molecule has 0 amide bonds. The van der Waals surface area contributed by atoms with Gasteiger partial charge in [0.2, 0.25) is 0 Å². The Bertz CT molecular complexity index is 727. The SMILES string of the molecule is CCCCCCCCCCCCCCCC[N+](CCN(CC)CC)(Cc1ccccc1)Cc1ccccc1. The number of unbranched alkanes of at least 4 members (excludes halogenated alkanes) is 13. The van der Waals surface area contributed by atoms with Crippen LogP contribution < -0.4 is 0 Å². The molecule has 0 spiro atoms. The van der Waals surface area contributed by atoms with Crippen molar-refractivity contribution >= 4 is 0 Å². The van der Waals surface area contributed by atoms with Crippen molar-refractivity contribution in [2.75, 3.05) is 32.7 Å². The summed E-state index contributed by atoms with van der Waals surface area (Å²) in [5.74, 6) is 0. The Morgan fingerprint density at radius 2 is 0.868 bits per heavy atom. The smallest absolute Gasteiger partial charge is 0.105 e. The van der Waals surface area contributed by atoms with E-state index >= 15 is 0 Å². The van der Waals surface area contributed by atoms with Gasteiger partial charge in [0, 0.05) is 17.7 Å². The molecule has 0 fully saturated rings. The van der Waals surface area contributed by atoms with Crippen LogP contribution in [-0.4, -0.2) is 42.1 Å². The van der Waals surface area contributed by atoms with Gasteiger partial charge in [0.1, 0.15) is 13.1 Å². The van der Waals surface area contributed by atoms with Crippen LogP contribution in [0.4, 0.5) is 0 Å². The van der Waals surface area contributed by atoms with E-state index in [4.69, 9.17) is 0 Å². The second kappa shape index (κ2) is 21.2. The Morgan fingerprint density at radius 1 is 0.474 bits per heavy atom. The number of hydrogen-bond acceptors (Lipinski definition) is 1. The molecule has 0 aliphatic heterocycles. The van der Waals surface area contributed by atoms with Gasteiger partial charge in [0.05, 0.1) is 13.1 Å². The zero-order chi connectivity index (χ0) is 27.2. The Hall–Kier alpha value is -1.64. The molecule has 0 radical (unpaired) electrons. The van der Waals surface area contributed by atoms with E-state index in [1.54, 1.807) is 0 Å². The van der Waals surface area contributed by atoms with Crippen molar-refractivity contribution in [2.45, 2.75) is 124 Å². The zero-order valence-electron chi connectivity index (χ0n) is 25.5. The summed E-state index contributed by atoms with van der Waals surface area (Å²) in [6.45, 7) is 15.2. The van der Waals surface area contributed by atoms with Crippen LogP contribution in [0.2, 0.25) is 0 Å². The molecule has 0 aliphatic carbocycles. The van der Waals surface area contributed by atoms with Crippen molar-refractivity contribution < 1.29 is 4.48 Å². The summed E-state index contributed by atoms with van der Waals surface area (Å²) < 4.78 is 1.17. The van der Waals surface area contributed by atoms with Gasteiger partial charge in [-0.3, -0.25) is 4.90 Å². The molecule has 0 aromatic heterocycles. The van der Waals surface area contributed by atoms with Crippen LogP contribution in [0.1, 0.15) is 122 Å². The first-order valence-corrected chi connectivity index (χ1v) is 16.4. The summed E-state index contributed by atoms with van der Waals surface area (Å²) in [4.78, 5) is 2.61. The normalized spacial score (nSPS) is 11.9. The predicted octanol–water partition coefficient (Wildman–Crippen LogP) is 10.0. The second-order valence-corrected chi connectivity index (χ2v) is 11.7. The van der Waals surface area contributed by atoms with Crippen molar-refractivity contribution in [2.24, 2.45) is 0 Å². The third-order valence-electron chi connectivity index (χ3n) is 8.49. The average molecular weight is 522 g/mol. The summed E-state index contributed by atoms with van der Waals surface area (Å²) in [5, 5.41) is 0. The van der Waals surface area contributed by atoms with Gasteiger partial charge in [-0.25, -0.2) is 0 Å². The highest BCUT2D eigenvalue weighted by atomic mass is 15.4. The summed E-state index contributed by atoms with van der Waals surface area (Å²) in [5.41, 5.74) is 2.96. The number of hydrogen-bond donors (Lipinski definition) is 0. The molecule has 0 N–H and O–H groups in total. The van der Waals surface area contributed by atoms with Gasteiger partial charge < -0.3 is 4.48 Å². The molecule has 0 bridgehead atoms. The second-order valence-electron chi connectivity index (χ2n) is 11.7. The first kappa shape index (κ1) is 32.6. The van der Waals surface area contributed by atoms with E-state index in [1.807, 2.05) is 0 Å². The molecule has 0 saturated carbocycles. The summed E-state index contributed by atoms with van der Waals surface area (Å²) >= 11 is 0. The number of likely N-dealkylation sites (N-methyl/N-ethyl adjacent to an activating group) is 1. The maximum absolute atomic E-state index is 2.61. The van der Waals surface area contributed by atoms with Crippen LogP contribution in [0, 0.1) is 0 Å². The van der Waals surface area contributed by atoms with Gasteiger partial charge in [-0.2, -0.15) is 0 Å². The van der Waals surface area contributed by atoms with Gasteiger partial charge in [0.15, 0.2) is 0 Å². The molecule has 0 aliphatic rings. The maximum atomic E-state index is 2.61. The highest BCUT2D eigenvalue weighted by Crippen LogP contribution is 2.23. The first-order chi connectivity index (χ1) is 18.7. The third kappa shape index (κ3) is 14.5. The largest absolute Gasteiger partial charge is 0.315 e. The summed E-state index contributed by atoms with van der Waals surface area (Å²) in [6.07, 6.45) is 19.9. The third-order valence-corrected chi connectivity index (χ3v) is 8.49. The fourth-order valence-corrected chi connectivity index (χ4v) is 5.96. The molecular weight excluding hydrogens is 460 g/mol. The molecule has 2 aromatic carbocycles. The molecule has 38 heavy (non-hydrogen) atoms. The summed E-state index contributed by atoms with van der Waals surface area (Å²) in [7, 11) is 0. The monoisotopic (exact) mass is 521 g/mol. The lowest BCUT2D eigenvalue weighted by Gasteiger charge is -2.40. The van der Waals surface area contributed by atoms with Crippen LogP contribution in [-0.2, 0) is 13.1 Å². The zero-order valence-corrected chi connectivity index (χ0v) is 25.5. The van der Waals surface area contributed by atoms with E-state index in [2.05, 4.69) is 86.3 Å². The lowest BCUT2D eigenvalue weighted by atomic mass is 10.0. The van der Waals surface area contributed by atoms with Crippen LogP contribution in [0.5, 0.6) is 0 Å². The highest BCUT2D eigenvalue weighted by molar-refractivity contribution is 5.15. The minimum absolute atomic E-state index is 1.13. The Morgan fingerprint density at radius 3 is 1.26 bits per heavy atom. The van der Waals surface area contributed by atoms with Gasteiger partial charge in [-0.1, -0.05) is 158 Å². The maximum Gasteiger partial charge on any atom is 0.105 e. The van der Waals surface area contributed by atoms with Gasteiger partial charge in [0.25, 0.3) is 0 Å². The molecule has 0 unspecified atom stereocenters. The number of quaternary nitrogens is 1. The van der Waals surface area contributed by atoms with Crippen molar-refractivity contribution in [3.05, 3.63) is 71.8 Å². The number of rotatable bonds is 24. The van der Waals surface area contributed by atoms with Crippen LogP contribution >= 0.6 is 0 Å². The van der Waals surface area contributed by atoms with E-state index in [1.165, 1.54) is 125 Å². The van der Waals surface area contributed by atoms with Crippen molar-refractivity contribution in [3.63, 3.8) is 0 Å². The molecule has 2 rings (SSSR count). The predicted molar refractivity (Wildman–Crippen MR) is 168 cm³/mol. The molecule has 0 heterocycles.